The van der Waals surface area contributed by atoms with Crippen LogP contribution >= 0.6 is 11.6 Å². The molecule has 5 heteroatoms. The molecule has 94 valence electrons. The van der Waals surface area contributed by atoms with E-state index >= 15 is 0 Å². The average molecular weight is 263 g/mol. The van der Waals surface area contributed by atoms with Crippen molar-refractivity contribution in [3.05, 3.63) is 41.7 Å². The minimum absolute atomic E-state index is 0.693. The first-order valence-corrected chi connectivity index (χ1v) is 6.24. The lowest BCUT2D eigenvalue weighted by molar-refractivity contribution is 0.965. The summed E-state index contributed by atoms with van der Waals surface area (Å²) >= 11 is 5.93. The van der Waals surface area contributed by atoms with Crippen molar-refractivity contribution in [3.63, 3.8) is 0 Å². The first kappa shape index (κ1) is 12.6. The zero-order valence-electron chi connectivity index (χ0n) is 10.2. The Balaban J connectivity index is 2.09. The third-order valence-electron chi connectivity index (χ3n) is 2.32. The van der Waals surface area contributed by atoms with Gasteiger partial charge in [0.05, 0.1) is 0 Å². The van der Waals surface area contributed by atoms with E-state index in [0.717, 1.165) is 30.3 Å². The van der Waals surface area contributed by atoms with Gasteiger partial charge in [-0.05, 0) is 24.6 Å². The number of benzene rings is 1. The maximum atomic E-state index is 5.93. The van der Waals surface area contributed by atoms with Crippen LogP contribution in [0.3, 0.4) is 0 Å². The molecule has 2 rings (SSSR count). The molecule has 2 N–H and O–H groups in total. The van der Waals surface area contributed by atoms with Gasteiger partial charge >= 0.3 is 0 Å². The first-order chi connectivity index (χ1) is 8.78. The Hall–Kier alpha value is -1.81. The second-order valence-electron chi connectivity index (χ2n) is 3.85. The number of halogens is 1. The van der Waals surface area contributed by atoms with Crippen molar-refractivity contribution in [1.82, 2.24) is 9.97 Å². The molecule has 2 aromatic rings. The minimum atomic E-state index is 0.693. The van der Waals surface area contributed by atoms with Crippen molar-refractivity contribution >= 4 is 28.9 Å². The number of hydrogen-bond acceptors (Lipinski definition) is 4. The van der Waals surface area contributed by atoms with Gasteiger partial charge in [-0.3, -0.25) is 0 Å². The lowest BCUT2D eigenvalue weighted by Crippen LogP contribution is -2.03. The lowest BCUT2D eigenvalue weighted by Gasteiger charge is -2.08. The van der Waals surface area contributed by atoms with Gasteiger partial charge < -0.3 is 10.6 Å². The van der Waals surface area contributed by atoms with Crippen LogP contribution in [0.15, 0.2) is 36.7 Å². The average Bonchev–Trinajstić information content (AvgIpc) is 2.37. The topological polar surface area (TPSA) is 49.8 Å². The van der Waals surface area contributed by atoms with Crippen LogP contribution in [0.4, 0.5) is 17.3 Å². The Morgan fingerprint density at radius 3 is 2.78 bits per heavy atom. The van der Waals surface area contributed by atoms with Crippen LogP contribution < -0.4 is 10.6 Å². The summed E-state index contributed by atoms with van der Waals surface area (Å²) in [5.74, 6) is 1.56. The molecule has 0 saturated carbocycles. The van der Waals surface area contributed by atoms with Crippen molar-refractivity contribution in [2.75, 3.05) is 17.2 Å². The van der Waals surface area contributed by atoms with Crippen molar-refractivity contribution in [3.8, 4) is 0 Å². The van der Waals surface area contributed by atoms with E-state index in [1.165, 1.54) is 6.33 Å². The van der Waals surface area contributed by atoms with Gasteiger partial charge in [0.25, 0.3) is 0 Å². The summed E-state index contributed by atoms with van der Waals surface area (Å²) in [5.41, 5.74) is 0.905. The normalized spacial score (nSPS) is 10.1. The van der Waals surface area contributed by atoms with Gasteiger partial charge in [-0.2, -0.15) is 0 Å². The summed E-state index contributed by atoms with van der Waals surface area (Å²) < 4.78 is 0. The molecule has 0 unspecified atom stereocenters. The molecule has 0 aliphatic carbocycles. The summed E-state index contributed by atoms with van der Waals surface area (Å²) in [4.78, 5) is 8.31. The number of aromatic nitrogens is 2. The van der Waals surface area contributed by atoms with Crippen LogP contribution in [0.25, 0.3) is 0 Å². The molecular weight excluding hydrogens is 248 g/mol. The van der Waals surface area contributed by atoms with Gasteiger partial charge in [0.1, 0.15) is 18.0 Å². The maximum absolute atomic E-state index is 5.93. The molecule has 4 nitrogen and oxygen atoms in total. The maximum Gasteiger partial charge on any atom is 0.135 e. The van der Waals surface area contributed by atoms with E-state index in [9.17, 15) is 0 Å². The molecular formula is C13H15ClN4. The van der Waals surface area contributed by atoms with Crippen LogP contribution in [-0.4, -0.2) is 16.5 Å². The van der Waals surface area contributed by atoms with E-state index in [4.69, 9.17) is 11.6 Å². The van der Waals surface area contributed by atoms with Crippen molar-refractivity contribution in [1.29, 1.82) is 0 Å². The molecule has 0 aliphatic rings. The van der Waals surface area contributed by atoms with E-state index in [2.05, 4.69) is 27.5 Å². The summed E-state index contributed by atoms with van der Waals surface area (Å²) in [6.07, 6.45) is 2.59. The van der Waals surface area contributed by atoms with Gasteiger partial charge in [0.15, 0.2) is 0 Å². The number of nitrogens with one attached hydrogen (secondary N) is 2. The smallest absolute Gasteiger partial charge is 0.135 e. The molecule has 0 fully saturated rings. The van der Waals surface area contributed by atoms with Crippen molar-refractivity contribution < 1.29 is 0 Å². The van der Waals surface area contributed by atoms with Gasteiger partial charge in [-0.25, -0.2) is 9.97 Å². The van der Waals surface area contributed by atoms with E-state index in [0.29, 0.717) is 5.02 Å². The molecule has 0 spiro atoms. The first-order valence-electron chi connectivity index (χ1n) is 5.86. The van der Waals surface area contributed by atoms with Gasteiger partial charge in [-0.15, -0.1) is 0 Å². The highest BCUT2D eigenvalue weighted by molar-refractivity contribution is 6.30. The predicted molar refractivity (Wildman–Crippen MR) is 75.5 cm³/mol. The zero-order valence-corrected chi connectivity index (χ0v) is 10.9. The number of hydrogen-bond donors (Lipinski definition) is 2. The monoisotopic (exact) mass is 262 g/mol. The van der Waals surface area contributed by atoms with E-state index in [1.807, 2.05) is 30.3 Å². The second kappa shape index (κ2) is 6.21. The molecule has 0 atom stereocenters. The van der Waals surface area contributed by atoms with E-state index in [1.54, 1.807) is 0 Å². The van der Waals surface area contributed by atoms with Crippen LogP contribution in [0.1, 0.15) is 13.3 Å². The molecule has 1 aromatic heterocycles. The second-order valence-corrected chi connectivity index (χ2v) is 4.29. The highest BCUT2D eigenvalue weighted by Gasteiger charge is 1.99. The quantitative estimate of drug-likeness (QED) is 0.863. The molecule has 1 heterocycles. The highest BCUT2D eigenvalue weighted by Crippen LogP contribution is 2.19. The molecule has 0 radical (unpaired) electrons. The SMILES string of the molecule is CCCNc1cc(Nc2cccc(Cl)c2)ncn1. The fourth-order valence-corrected chi connectivity index (χ4v) is 1.68. The Morgan fingerprint density at radius 1 is 1.17 bits per heavy atom. The Bertz CT molecular complexity index is 516. The number of anilines is 3. The van der Waals surface area contributed by atoms with Crippen molar-refractivity contribution in [2.45, 2.75) is 13.3 Å². The molecule has 0 amide bonds. The van der Waals surface area contributed by atoms with Gasteiger partial charge in [-0.1, -0.05) is 24.6 Å². The predicted octanol–water partition coefficient (Wildman–Crippen LogP) is 3.70. The summed E-state index contributed by atoms with van der Waals surface area (Å²) in [6, 6.07) is 9.38. The third-order valence-corrected chi connectivity index (χ3v) is 2.56. The largest absolute Gasteiger partial charge is 0.370 e. The van der Waals surface area contributed by atoms with Crippen molar-refractivity contribution in [2.24, 2.45) is 0 Å². The highest BCUT2D eigenvalue weighted by atomic mass is 35.5. The third kappa shape index (κ3) is 3.60. The fraction of sp³-hybridized carbons (Fsp3) is 0.231. The van der Waals surface area contributed by atoms with Crippen LogP contribution in [0.5, 0.6) is 0 Å². The molecule has 1 aromatic carbocycles. The number of rotatable bonds is 5. The van der Waals surface area contributed by atoms with Crippen LogP contribution in [0, 0.1) is 0 Å². The van der Waals surface area contributed by atoms with E-state index < -0.39 is 0 Å². The summed E-state index contributed by atoms with van der Waals surface area (Å²) in [6.45, 7) is 3.01. The molecule has 0 saturated heterocycles. The van der Waals surface area contributed by atoms with E-state index in [-0.39, 0.29) is 0 Å². The van der Waals surface area contributed by atoms with Gasteiger partial charge in [0.2, 0.25) is 0 Å². The lowest BCUT2D eigenvalue weighted by atomic mass is 10.3. The summed E-state index contributed by atoms with van der Waals surface area (Å²) in [7, 11) is 0. The van der Waals surface area contributed by atoms with Crippen LogP contribution in [0.2, 0.25) is 5.02 Å². The zero-order chi connectivity index (χ0) is 12.8. The Morgan fingerprint density at radius 2 is 2.00 bits per heavy atom. The molecule has 0 bridgehead atoms. The Labute approximate surface area is 111 Å². The van der Waals surface area contributed by atoms with Crippen LogP contribution in [-0.2, 0) is 0 Å². The standard InChI is InChI=1S/C13H15ClN4/c1-2-6-15-12-8-13(17-9-16-12)18-11-5-3-4-10(14)7-11/h3-5,7-9H,2,6H2,1H3,(H2,15,16,17,18). The molecule has 0 aliphatic heterocycles. The van der Waals surface area contributed by atoms with Gasteiger partial charge in [0, 0.05) is 23.3 Å². The molecule has 18 heavy (non-hydrogen) atoms. The Kier molecular flexibility index (Phi) is 4.36. The fourth-order valence-electron chi connectivity index (χ4n) is 1.49. The summed E-state index contributed by atoms with van der Waals surface area (Å²) in [5, 5.41) is 7.09. The number of nitrogens with zero attached hydrogens (tertiary/aromatic N) is 2. The minimum Gasteiger partial charge on any atom is -0.370 e.